The fourth-order valence-corrected chi connectivity index (χ4v) is 6.30. The smallest absolute Gasteiger partial charge is 0.336 e. The zero-order valence-electron chi connectivity index (χ0n) is 26.7. The molecule has 1 amide bonds. The van der Waals surface area contributed by atoms with Crippen LogP contribution in [0.2, 0.25) is 0 Å². The van der Waals surface area contributed by atoms with Gasteiger partial charge in [-0.3, -0.25) is 4.79 Å². The molecule has 0 unspecified atom stereocenters. The summed E-state index contributed by atoms with van der Waals surface area (Å²) in [6, 6.07) is 7.11. The number of nitrogens with zero attached hydrogens (tertiary/aromatic N) is 1. The molecular weight excluding hydrogens is 558 g/mol. The number of rotatable bonds is 10. The molecule has 2 aromatic rings. The second kappa shape index (κ2) is 12.2. The molecule has 3 N–H and O–H groups in total. The van der Waals surface area contributed by atoms with Crippen LogP contribution in [-0.4, -0.2) is 47.1 Å². The van der Waals surface area contributed by atoms with E-state index >= 15 is 0 Å². The average molecular weight is 604 g/mol. The van der Waals surface area contributed by atoms with E-state index in [-0.39, 0.29) is 12.3 Å². The van der Waals surface area contributed by atoms with Gasteiger partial charge in [0.05, 0.1) is 12.2 Å². The second-order valence-corrected chi connectivity index (χ2v) is 13.3. The largest absolute Gasteiger partial charge is 0.482 e. The number of hydrogen-bond donors (Lipinski definition) is 2. The van der Waals surface area contributed by atoms with Crippen LogP contribution in [0.5, 0.6) is 5.75 Å². The molecule has 1 aromatic heterocycles. The van der Waals surface area contributed by atoms with Crippen molar-refractivity contribution in [3.05, 3.63) is 74.9 Å². The summed E-state index contributed by atoms with van der Waals surface area (Å²) < 4.78 is 18.4. The molecular formula is C35H45N3O6. The fraction of sp³-hybridized carbons (Fsp3) is 0.514. The third-order valence-electron chi connectivity index (χ3n) is 9.46. The Balaban J connectivity index is 1.50. The molecule has 9 heteroatoms. The van der Waals surface area contributed by atoms with Gasteiger partial charge in [0.25, 0.3) is 0 Å². The minimum Gasteiger partial charge on any atom is -0.482 e. The van der Waals surface area contributed by atoms with Crippen LogP contribution in [0.4, 0.5) is 0 Å². The van der Waals surface area contributed by atoms with Gasteiger partial charge in [-0.05, 0) is 87.8 Å². The molecule has 0 radical (unpaired) electrons. The van der Waals surface area contributed by atoms with Gasteiger partial charge in [-0.15, -0.1) is 0 Å². The Hall–Kier alpha value is -4.01. The van der Waals surface area contributed by atoms with Crippen LogP contribution in [0.3, 0.4) is 0 Å². The first-order valence-corrected chi connectivity index (χ1v) is 15.6. The van der Waals surface area contributed by atoms with E-state index in [4.69, 9.17) is 19.6 Å². The number of fused-ring (bicyclic) bond motifs is 2. The number of benzene rings is 1. The van der Waals surface area contributed by atoms with Crippen molar-refractivity contribution < 1.29 is 23.5 Å². The first-order valence-electron chi connectivity index (χ1n) is 15.6. The highest BCUT2D eigenvalue weighted by molar-refractivity contribution is 5.88. The van der Waals surface area contributed by atoms with Crippen LogP contribution < -0.4 is 21.4 Å². The quantitative estimate of drug-likeness (QED) is 0.214. The number of hydrogen-bond acceptors (Lipinski definition) is 8. The number of nitrogens with two attached hydrogens (primary N) is 1. The first-order chi connectivity index (χ1) is 20.8. The molecule has 236 valence electrons. The first kappa shape index (κ1) is 31.4. The standard InChI is InChI=1S/C35H45N3O6/c1-7-22(4)33(41)44-34(5,6)35(19-25-14-23-9-11-32(40)42-28(23)17-29(25)43-35)18-24-15-30(36)37-20-26(24)16-31(39)38-13-12-27(38)10-8-21(2)3/h7,9,11,14-15,17,21,27,37H,8,10,12-13,16,18-20,36H2,1-6H3/b22-7+/t27-,35-/m0/s1. The maximum absolute atomic E-state index is 13.6. The molecule has 5 rings (SSSR count). The van der Waals surface area contributed by atoms with Crippen molar-refractivity contribution in [3.8, 4) is 5.75 Å². The van der Waals surface area contributed by atoms with E-state index in [0.29, 0.717) is 54.1 Å². The average Bonchev–Trinajstić information content (AvgIpc) is 3.30. The number of carbonyl (C=O) groups excluding carboxylic acids is 2. The van der Waals surface area contributed by atoms with Crippen molar-refractivity contribution in [2.24, 2.45) is 11.7 Å². The minimum atomic E-state index is -1.10. The Kier molecular flexibility index (Phi) is 8.69. The van der Waals surface area contributed by atoms with E-state index < -0.39 is 22.8 Å². The summed E-state index contributed by atoms with van der Waals surface area (Å²) in [7, 11) is 0. The van der Waals surface area contributed by atoms with Gasteiger partial charge in [-0.25, -0.2) is 9.59 Å². The van der Waals surface area contributed by atoms with Gasteiger partial charge >= 0.3 is 11.6 Å². The summed E-state index contributed by atoms with van der Waals surface area (Å²) in [5.41, 5.74) is 7.37. The van der Waals surface area contributed by atoms with Gasteiger partial charge in [-0.2, -0.15) is 0 Å². The highest BCUT2D eigenvalue weighted by atomic mass is 16.6. The lowest BCUT2D eigenvalue weighted by molar-refractivity contribution is -0.174. The molecule has 3 aliphatic heterocycles. The normalized spacial score (nSPS) is 21.9. The molecule has 0 saturated carbocycles. The van der Waals surface area contributed by atoms with E-state index in [1.54, 1.807) is 32.1 Å². The Morgan fingerprint density at radius 3 is 2.73 bits per heavy atom. The molecule has 9 nitrogen and oxygen atoms in total. The number of nitrogens with one attached hydrogen (secondary N) is 1. The summed E-state index contributed by atoms with van der Waals surface area (Å²) in [6.07, 6.45) is 7.82. The summed E-state index contributed by atoms with van der Waals surface area (Å²) in [6.45, 7) is 12.9. The number of dihydropyridines is 1. The molecule has 3 aliphatic rings. The number of likely N-dealkylation sites (tertiary alicyclic amines) is 1. The monoisotopic (exact) mass is 603 g/mol. The Labute approximate surface area is 259 Å². The Morgan fingerprint density at radius 2 is 2.05 bits per heavy atom. The van der Waals surface area contributed by atoms with Crippen LogP contribution in [0, 0.1) is 5.92 Å². The van der Waals surface area contributed by atoms with Gasteiger partial charge < -0.3 is 29.8 Å². The zero-order valence-corrected chi connectivity index (χ0v) is 26.7. The Morgan fingerprint density at radius 1 is 1.27 bits per heavy atom. The summed E-state index contributed by atoms with van der Waals surface area (Å²) in [4.78, 5) is 40.6. The molecule has 0 aliphatic carbocycles. The third-order valence-corrected chi connectivity index (χ3v) is 9.46. The van der Waals surface area contributed by atoms with Crippen molar-refractivity contribution in [2.45, 2.75) is 97.3 Å². The predicted molar refractivity (Wildman–Crippen MR) is 170 cm³/mol. The topological polar surface area (TPSA) is 124 Å². The molecule has 0 bridgehead atoms. The molecule has 1 aromatic carbocycles. The van der Waals surface area contributed by atoms with E-state index in [2.05, 4.69) is 19.2 Å². The van der Waals surface area contributed by atoms with Crippen LogP contribution in [0.1, 0.15) is 79.2 Å². The molecule has 2 atom stereocenters. The lowest BCUT2D eigenvalue weighted by Crippen LogP contribution is -2.57. The number of esters is 1. The van der Waals surface area contributed by atoms with E-state index in [1.165, 1.54) is 6.07 Å². The van der Waals surface area contributed by atoms with Crippen molar-refractivity contribution in [2.75, 3.05) is 13.1 Å². The number of amides is 1. The predicted octanol–water partition coefficient (Wildman–Crippen LogP) is 5.27. The zero-order chi connectivity index (χ0) is 31.8. The van der Waals surface area contributed by atoms with Crippen molar-refractivity contribution in [3.63, 3.8) is 0 Å². The number of ether oxygens (including phenoxy) is 2. The maximum atomic E-state index is 13.6. The maximum Gasteiger partial charge on any atom is 0.336 e. The van der Waals surface area contributed by atoms with Crippen molar-refractivity contribution >= 4 is 22.8 Å². The van der Waals surface area contributed by atoms with E-state index in [0.717, 1.165) is 47.9 Å². The summed E-state index contributed by atoms with van der Waals surface area (Å²) in [5.74, 6) is 1.37. The molecule has 0 spiro atoms. The molecule has 1 saturated heterocycles. The fourth-order valence-electron chi connectivity index (χ4n) is 6.30. The molecule has 1 fully saturated rings. The lowest BCUT2D eigenvalue weighted by Gasteiger charge is -2.44. The second-order valence-electron chi connectivity index (χ2n) is 13.3. The molecule has 4 heterocycles. The van der Waals surface area contributed by atoms with Crippen molar-refractivity contribution in [1.82, 2.24) is 10.2 Å². The SMILES string of the molecule is C/C=C(\C)C(=O)OC(C)(C)[C@]1(CC2=C(CC(=O)N3CC[C@@H]3CCC(C)C)CNC(N)=C2)Cc2cc3ccc(=O)oc3cc2O1. The molecule has 44 heavy (non-hydrogen) atoms. The summed E-state index contributed by atoms with van der Waals surface area (Å²) in [5, 5.41) is 3.98. The third kappa shape index (κ3) is 6.28. The van der Waals surface area contributed by atoms with E-state index in [9.17, 15) is 14.4 Å². The van der Waals surface area contributed by atoms with Crippen LogP contribution in [0.15, 0.2) is 68.2 Å². The van der Waals surface area contributed by atoms with Crippen LogP contribution >= 0.6 is 0 Å². The van der Waals surface area contributed by atoms with Gasteiger partial charge in [0, 0.05) is 55.1 Å². The summed E-state index contributed by atoms with van der Waals surface area (Å²) >= 11 is 0. The van der Waals surface area contributed by atoms with Crippen LogP contribution in [0.25, 0.3) is 11.0 Å². The van der Waals surface area contributed by atoms with Gasteiger partial charge in [-0.1, -0.05) is 19.9 Å². The van der Waals surface area contributed by atoms with Crippen LogP contribution in [-0.2, 0) is 20.7 Å². The Bertz CT molecular complexity index is 1610. The highest BCUT2D eigenvalue weighted by Gasteiger charge is 2.54. The lowest BCUT2D eigenvalue weighted by atomic mass is 9.75. The van der Waals surface area contributed by atoms with Gasteiger partial charge in [0.1, 0.15) is 16.9 Å². The van der Waals surface area contributed by atoms with Gasteiger partial charge in [0.2, 0.25) is 5.91 Å². The number of allylic oxidation sites excluding steroid dienone is 2. The van der Waals surface area contributed by atoms with Crippen molar-refractivity contribution in [1.29, 1.82) is 0 Å². The number of carbonyl (C=O) groups is 2. The highest BCUT2D eigenvalue weighted by Crippen LogP contribution is 2.48. The van der Waals surface area contributed by atoms with Gasteiger partial charge in [0.15, 0.2) is 5.60 Å². The van der Waals surface area contributed by atoms with E-state index in [1.807, 2.05) is 30.9 Å². The minimum absolute atomic E-state index is 0.119.